The van der Waals surface area contributed by atoms with Gasteiger partial charge < -0.3 is 20.1 Å². The molecule has 7 heteroatoms. The second-order valence-electron chi connectivity index (χ2n) is 7.33. The summed E-state index contributed by atoms with van der Waals surface area (Å²) in [5, 5.41) is 30.8. The highest BCUT2D eigenvalue weighted by atomic mass is 16.5. The van der Waals surface area contributed by atoms with Gasteiger partial charge in [-0.1, -0.05) is 12.1 Å². The normalized spacial score (nSPS) is 17.4. The minimum atomic E-state index is -0.582. The van der Waals surface area contributed by atoms with Gasteiger partial charge >= 0.3 is 0 Å². The predicted molar refractivity (Wildman–Crippen MR) is 102 cm³/mol. The number of Topliss-reactive ketones (excluding diaryl/α,β-unsaturated/α-hetero) is 1. The lowest BCUT2D eigenvalue weighted by Crippen LogP contribution is -2.27. The number of ether oxygens (including phenoxy) is 1. The SMILES string of the molecule is COc1cccc2c1C(=O)c1c(O)c3c(c(O)c1C2=O)CC(C(=O)CCO)CC3. The summed E-state index contributed by atoms with van der Waals surface area (Å²) < 4.78 is 5.22. The van der Waals surface area contributed by atoms with Crippen LogP contribution in [-0.2, 0) is 17.6 Å². The number of carbonyl (C=O) groups is 3. The molecule has 4 rings (SSSR count). The fraction of sp³-hybridized carbons (Fsp3) is 0.318. The Hall–Kier alpha value is -3.19. The molecular formula is C22H20O7. The first-order valence-electron chi connectivity index (χ1n) is 9.40. The van der Waals surface area contributed by atoms with Crippen LogP contribution in [0.1, 0.15) is 55.8 Å². The van der Waals surface area contributed by atoms with E-state index in [0.717, 1.165) is 0 Å². The number of phenolic OH excluding ortho intramolecular Hbond substituents is 2. The summed E-state index contributed by atoms with van der Waals surface area (Å²) in [6, 6.07) is 4.61. The number of rotatable bonds is 4. The zero-order chi connectivity index (χ0) is 20.9. The van der Waals surface area contributed by atoms with Crippen LogP contribution in [-0.4, -0.2) is 46.4 Å². The van der Waals surface area contributed by atoms with Gasteiger partial charge in [0.25, 0.3) is 0 Å². The van der Waals surface area contributed by atoms with E-state index in [0.29, 0.717) is 17.5 Å². The van der Waals surface area contributed by atoms with E-state index < -0.39 is 17.5 Å². The third-order valence-corrected chi connectivity index (χ3v) is 5.84. The number of aliphatic hydroxyl groups is 1. The van der Waals surface area contributed by atoms with Gasteiger partial charge in [0.15, 0.2) is 5.78 Å². The minimum absolute atomic E-state index is 0.0161. The van der Waals surface area contributed by atoms with Crippen LogP contribution in [0.25, 0.3) is 0 Å². The molecule has 0 spiro atoms. The minimum Gasteiger partial charge on any atom is -0.507 e. The van der Waals surface area contributed by atoms with Crippen LogP contribution >= 0.6 is 0 Å². The van der Waals surface area contributed by atoms with Gasteiger partial charge in [-0.2, -0.15) is 0 Å². The Labute approximate surface area is 166 Å². The van der Waals surface area contributed by atoms with Crippen LogP contribution < -0.4 is 4.74 Å². The van der Waals surface area contributed by atoms with Crippen molar-refractivity contribution < 1.29 is 34.4 Å². The first-order chi connectivity index (χ1) is 13.9. The maximum absolute atomic E-state index is 13.2. The van der Waals surface area contributed by atoms with E-state index in [2.05, 4.69) is 0 Å². The summed E-state index contributed by atoms with van der Waals surface area (Å²) in [5.74, 6) is -2.17. The number of hydrogen-bond donors (Lipinski definition) is 3. The lowest BCUT2D eigenvalue weighted by atomic mass is 9.74. The number of fused-ring (bicyclic) bond motifs is 3. The Balaban J connectivity index is 1.90. The zero-order valence-electron chi connectivity index (χ0n) is 15.8. The average Bonchev–Trinajstić information content (AvgIpc) is 2.73. The van der Waals surface area contributed by atoms with Gasteiger partial charge in [-0.05, 0) is 25.3 Å². The highest BCUT2D eigenvalue weighted by Crippen LogP contribution is 2.47. The third-order valence-electron chi connectivity index (χ3n) is 5.84. The van der Waals surface area contributed by atoms with Crippen molar-refractivity contribution in [1.29, 1.82) is 0 Å². The molecule has 0 bridgehead atoms. The Kier molecular flexibility index (Phi) is 4.62. The maximum Gasteiger partial charge on any atom is 0.202 e. The lowest BCUT2D eigenvalue weighted by Gasteiger charge is -2.29. The quantitative estimate of drug-likeness (QED) is 0.576. The molecule has 2 aromatic rings. The van der Waals surface area contributed by atoms with Gasteiger partial charge in [0.05, 0.1) is 23.8 Å². The number of phenols is 2. The molecule has 2 aromatic carbocycles. The van der Waals surface area contributed by atoms with E-state index in [1.807, 2.05) is 0 Å². The van der Waals surface area contributed by atoms with Crippen LogP contribution in [0, 0.1) is 5.92 Å². The molecule has 0 radical (unpaired) electrons. The summed E-state index contributed by atoms with van der Waals surface area (Å²) in [6.07, 6.45) is 0.874. The van der Waals surface area contributed by atoms with Crippen molar-refractivity contribution in [3.63, 3.8) is 0 Å². The molecule has 7 nitrogen and oxygen atoms in total. The molecule has 2 aliphatic rings. The van der Waals surface area contributed by atoms with Crippen molar-refractivity contribution in [2.45, 2.75) is 25.7 Å². The number of aliphatic hydroxyl groups excluding tert-OH is 1. The fourth-order valence-corrected chi connectivity index (χ4v) is 4.40. The second-order valence-corrected chi connectivity index (χ2v) is 7.33. The number of ketones is 3. The molecule has 29 heavy (non-hydrogen) atoms. The van der Waals surface area contributed by atoms with Crippen LogP contribution in [0.3, 0.4) is 0 Å². The van der Waals surface area contributed by atoms with Crippen molar-refractivity contribution in [1.82, 2.24) is 0 Å². The molecular weight excluding hydrogens is 376 g/mol. The molecule has 0 aliphatic heterocycles. The van der Waals surface area contributed by atoms with Crippen molar-refractivity contribution in [2.24, 2.45) is 5.92 Å². The van der Waals surface area contributed by atoms with Gasteiger partial charge in [-0.3, -0.25) is 14.4 Å². The number of methoxy groups -OCH3 is 1. The van der Waals surface area contributed by atoms with Crippen molar-refractivity contribution >= 4 is 17.3 Å². The van der Waals surface area contributed by atoms with Gasteiger partial charge in [0.2, 0.25) is 5.78 Å². The zero-order valence-corrected chi connectivity index (χ0v) is 15.8. The molecule has 0 fully saturated rings. The molecule has 0 saturated heterocycles. The van der Waals surface area contributed by atoms with Crippen molar-refractivity contribution in [3.05, 3.63) is 51.6 Å². The molecule has 0 saturated carbocycles. The van der Waals surface area contributed by atoms with Crippen molar-refractivity contribution in [2.75, 3.05) is 13.7 Å². The van der Waals surface area contributed by atoms with Gasteiger partial charge in [-0.15, -0.1) is 0 Å². The Bertz CT molecular complexity index is 1070. The fourth-order valence-electron chi connectivity index (χ4n) is 4.40. The van der Waals surface area contributed by atoms with Gasteiger partial charge in [0.1, 0.15) is 23.0 Å². The third kappa shape index (κ3) is 2.73. The summed E-state index contributed by atoms with van der Waals surface area (Å²) in [7, 11) is 1.39. The molecule has 0 aromatic heterocycles. The summed E-state index contributed by atoms with van der Waals surface area (Å²) >= 11 is 0. The number of benzene rings is 2. The van der Waals surface area contributed by atoms with Gasteiger partial charge in [-0.25, -0.2) is 0 Å². The smallest absolute Gasteiger partial charge is 0.202 e. The predicted octanol–water partition coefficient (Wildman–Crippen LogP) is 1.94. The van der Waals surface area contributed by atoms with E-state index in [-0.39, 0.29) is 71.2 Å². The van der Waals surface area contributed by atoms with E-state index in [1.54, 1.807) is 12.1 Å². The van der Waals surface area contributed by atoms with E-state index in [1.165, 1.54) is 13.2 Å². The van der Waals surface area contributed by atoms with E-state index >= 15 is 0 Å². The summed E-state index contributed by atoms with van der Waals surface area (Å²) in [4.78, 5) is 38.5. The number of hydrogen-bond acceptors (Lipinski definition) is 7. The molecule has 0 amide bonds. The topological polar surface area (TPSA) is 121 Å². The monoisotopic (exact) mass is 396 g/mol. The van der Waals surface area contributed by atoms with Gasteiger partial charge in [0, 0.05) is 35.6 Å². The van der Waals surface area contributed by atoms with Crippen LogP contribution in [0.15, 0.2) is 18.2 Å². The molecule has 1 atom stereocenters. The lowest BCUT2D eigenvalue weighted by molar-refractivity contribution is -0.123. The Morgan fingerprint density at radius 2 is 1.76 bits per heavy atom. The maximum atomic E-state index is 13.2. The highest BCUT2D eigenvalue weighted by Gasteiger charge is 2.40. The Morgan fingerprint density at radius 1 is 1.07 bits per heavy atom. The first-order valence-corrected chi connectivity index (χ1v) is 9.40. The molecule has 1 unspecified atom stereocenters. The number of carbonyl (C=O) groups excluding carboxylic acids is 3. The first kappa shape index (κ1) is 19.1. The number of aromatic hydroxyl groups is 2. The summed E-state index contributed by atoms with van der Waals surface area (Å²) in [6.45, 7) is -0.255. The van der Waals surface area contributed by atoms with E-state index in [4.69, 9.17) is 9.84 Å². The largest absolute Gasteiger partial charge is 0.507 e. The Morgan fingerprint density at radius 3 is 2.45 bits per heavy atom. The second kappa shape index (κ2) is 7.00. The average molecular weight is 396 g/mol. The highest BCUT2D eigenvalue weighted by molar-refractivity contribution is 6.31. The molecule has 150 valence electrons. The molecule has 3 N–H and O–H groups in total. The molecule has 0 heterocycles. The molecule has 2 aliphatic carbocycles. The van der Waals surface area contributed by atoms with Crippen LogP contribution in [0.5, 0.6) is 17.2 Å². The van der Waals surface area contributed by atoms with E-state index in [9.17, 15) is 24.6 Å². The van der Waals surface area contributed by atoms with Crippen LogP contribution in [0.4, 0.5) is 0 Å². The van der Waals surface area contributed by atoms with Crippen LogP contribution in [0.2, 0.25) is 0 Å². The summed E-state index contributed by atoms with van der Waals surface area (Å²) in [5.41, 5.74) is 0.407. The standard InChI is InChI=1S/C22H20O7/c1-29-15-4-2-3-12-16(15)22(28)18-17(20(12)26)21(27)13-9-10(14(24)7-8-23)5-6-11(13)19(18)25/h2-4,10,23,25,27H,5-9H2,1H3. The van der Waals surface area contributed by atoms with Crippen molar-refractivity contribution in [3.8, 4) is 17.2 Å².